The summed E-state index contributed by atoms with van der Waals surface area (Å²) in [5.41, 5.74) is -0.442. The highest BCUT2D eigenvalue weighted by Gasteiger charge is 2.38. The van der Waals surface area contributed by atoms with Crippen molar-refractivity contribution in [3.63, 3.8) is 0 Å². The van der Waals surface area contributed by atoms with Crippen LogP contribution >= 0.6 is 11.6 Å². The molecule has 0 bridgehead atoms. The molecule has 1 amide bonds. The number of hydrogen-bond acceptors (Lipinski definition) is 2. The molecule has 1 aromatic carbocycles. The molecular formula is C13H15ClFNO2. The molecule has 1 N–H and O–H groups in total. The molecule has 0 radical (unpaired) electrons. The third-order valence-electron chi connectivity index (χ3n) is 3.37. The molecule has 1 saturated carbocycles. The van der Waals surface area contributed by atoms with E-state index >= 15 is 0 Å². The van der Waals surface area contributed by atoms with Crippen molar-refractivity contribution in [2.24, 2.45) is 0 Å². The van der Waals surface area contributed by atoms with Gasteiger partial charge in [0.1, 0.15) is 17.1 Å². The Morgan fingerprint density at radius 2 is 2.28 bits per heavy atom. The summed E-state index contributed by atoms with van der Waals surface area (Å²) in [5, 5.41) is 2.82. The topological polar surface area (TPSA) is 38.3 Å². The SMILES string of the molecule is COc1cccc(F)c1C(=O)NC1(CCl)CCC1. The van der Waals surface area contributed by atoms with E-state index in [1.807, 2.05) is 0 Å². The maximum atomic E-state index is 13.7. The highest BCUT2D eigenvalue weighted by molar-refractivity contribution is 6.19. The fourth-order valence-corrected chi connectivity index (χ4v) is 2.43. The molecule has 0 heterocycles. The summed E-state index contributed by atoms with van der Waals surface area (Å²) in [5.74, 6) is -0.479. The number of benzene rings is 1. The van der Waals surface area contributed by atoms with Crippen molar-refractivity contribution in [3.8, 4) is 5.75 Å². The van der Waals surface area contributed by atoms with Crippen LogP contribution in [0.1, 0.15) is 29.6 Å². The maximum Gasteiger partial charge on any atom is 0.258 e. The predicted octanol–water partition coefficient (Wildman–Crippen LogP) is 2.73. The van der Waals surface area contributed by atoms with Crippen molar-refractivity contribution in [2.75, 3.05) is 13.0 Å². The highest BCUT2D eigenvalue weighted by Crippen LogP contribution is 2.34. The number of amides is 1. The second-order valence-corrected chi connectivity index (χ2v) is 4.81. The van der Waals surface area contributed by atoms with Gasteiger partial charge in [0.25, 0.3) is 5.91 Å². The van der Waals surface area contributed by atoms with Gasteiger partial charge in [0.15, 0.2) is 0 Å². The molecule has 3 nitrogen and oxygen atoms in total. The summed E-state index contributed by atoms with van der Waals surface area (Å²) in [6, 6.07) is 4.31. The Kier molecular flexibility index (Phi) is 3.76. The predicted molar refractivity (Wildman–Crippen MR) is 67.7 cm³/mol. The number of carbonyl (C=O) groups excluding carboxylic acids is 1. The van der Waals surface area contributed by atoms with Gasteiger partial charge in [-0.3, -0.25) is 4.79 Å². The van der Waals surface area contributed by atoms with E-state index in [1.54, 1.807) is 6.07 Å². The van der Waals surface area contributed by atoms with Crippen molar-refractivity contribution < 1.29 is 13.9 Å². The van der Waals surface area contributed by atoms with Crippen molar-refractivity contribution in [1.82, 2.24) is 5.32 Å². The van der Waals surface area contributed by atoms with E-state index in [9.17, 15) is 9.18 Å². The molecule has 1 aromatic rings. The molecule has 0 atom stereocenters. The van der Waals surface area contributed by atoms with E-state index < -0.39 is 11.7 Å². The normalized spacial score (nSPS) is 16.8. The lowest BCUT2D eigenvalue weighted by molar-refractivity contribution is 0.0846. The highest BCUT2D eigenvalue weighted by atomic mass is 35.5. The number of rotatable bonds is 4. The Morgan fingerprint density at radius 3 is 2.78 bits per heavy atom. The zero-order chi connectivity index (χ0) is 13.2. The van der Waals surface area contributed by atoms with E-state index in [0.717, 1.165) is 19.3 Å². The Bertz CT molecular complexity index is 455. The first-order chi connectivity index (χ1) is 8.62. The fraction of sp³-hybridized carbons (Fsp3) is 0.462. The van der Waals surface area contributed by atoms with Gasteiger partial charge < -0.3 is 10.1 Å². The molecule has 0 aromatic heterocycles. The number of halogens is 2. The van der Waals surface area contributed by atoms with Gasteiger partial charge in [0.05, 0.1) is 12.6 Å². The van der Waals surface area contributed by atoms with Gasteiger partial charge in [-0.1, -0.05) is 6.07 Å². The van der Waals surface area contributed by atoms with Gasteiger partial charge in [-0.2, -0.15) is 0 Å². The summed E-state index contributed by atoms with van der Waals surface area (Å²) in [7, 11) is 1.41. The summed E-state index contributed by atoms with van der Waals surface area (Å²) in [6.45, 7) is 0. The van der Waals surface area contributed by atoms with Crippen molar-refractivity contribution >= 4 is 17.5 Å². The molecule has 18 heavy (non-hydrogen) atoms. The molecule has 0 aliphatic heterocycles. The van der Waals surface area contributed by atoms with Crippen LogP contribution in [0.25, 0.3) is 0 Å². The van der Waals surface area contributed by atoms with Crippen molar-refractivity contribution in [2.45, 2.75) is 24.8 Å². The second-order valence-electron chi connectivity index (χ2n) is 4.54. The third-order valence-corrected chi connectivity index (χ3v) is 3.88. The molecule has 1 fully saturated rings. The first-order valence-electron chi connectivity index (χ1n) is 5.83. The minimum Gasteiger partial charge on any atom is -0.496 e. The molecule has 2 rings (SSSR count). The minimum absolute atomic E-state index is 0.0589. The zero-order valence-electron chi connectivity index (χ0n) is 10.1. The Morgan fingerprint density at radius 1 is 1.56 bits per heavy atom. The van der Waals surface area contributed by atoms with Gasteiger partial charge in [-0.05, 0) is 31.4 Å². The molecule has 0 unspecified atom stereocenters. The first-order valence-corrected chi connectivity index (χ1v) is 6.36. The average molecular weight is 272 g/mol. The Labute approximate surface area is 110 Å². The molecule has 1 aliphatic rings. The summed E-state index contributed by atoms with van der Waals surface area (Å²) < 4.78 is 18.7. The smallest absolute Gasteiger partial charge is 0.258 e. The third kappa shape index (κ3) is 2.29. The van der Waals surface area contributed by atoms with Crippen LogP contribution in [0.5, 0.6) is 5.75 Å². The van der Waals surface area contributed by atoms with E-state index in [2.05, 4.69) is 5.32 Å². The van der Waals surface area contributed by atoms with Gasteiger partial charge in [0, 0.05) is 5.88 Å². The Hall–Kier alpha value is -1.29. The molecular weight excluding hydrogens is 257 g/mol. The van der Waals surface area contributed by atoms with E-state index in [-0.39, 0.29) is 16.9 Å². The standard InChI is InChI=1S/C13H15ClFNO2/c1-18-10-5-2-4-9(15)11(10)12(17)16-13(8-14)6-3-7-13/h2,4-5H,3,6-8H2,1H3,(H,16,17). The number of ether oxygens (including phenoxy) is 1. The van der Waals surface area contributed by atoms with Crippen LogP contribution in [0.3, 0.4) is 0 Å². The van der Waals surface area contributed by atoms with Crippen LogP contribution in [0.15, 0.2) is 18.2 Å². The molecule has 98 valence electrons. The van der Waals surface area contributed by atoms with Gasteiger partial charge in [-0.15, -0.1) is 11.6 Å². The zero-order valence-corrected chi connectivity index (χ0v) is 10.9. The molecule has 5 heteroatoms. The fourth-order valence-electron chi connectivity index (χ4n) is 2.09. The number of carbonyl (C=O) groups is 1. The summed E-state index contributed by atoms with van der Waals surface area (Å²) >= 11 is 5.87. The van der Waals surface area contributed by atoms with Crippen LogP contribution in [-0.2, 0) is 0 Å². The number of methoxy groups -OCH3 is 1. The molecule has 1 aliphatic carbocycles. The summed E-state index contributed by atoms with van der Waals surface area (Å²) in [6.07, 6.45) is 2.69. The van der Waals surface area contributed by atoms with Crippen molar-refractivity contribution in [3.05, 3.63) is 29.6 Å². The molecule has 0 spiro atoms. The largest absolute Gasteiger partial charge is 0.496 e. The summed E-state index contributed by atoms with van der Waals surface area (Å²) in [4.78, 5) is 12.1. The van der Waals surface area contributed by atoms with Crippen LogP contribution in [0.4, 0.5) is 4.39 Å². The van der Waals surface area contributed by atoms with E-state index in [1.165, 1.54) is 19.2 Å². The Balaban J connectivity index is 2.23. The lowest BCUT2D eigenvalue weighted by Gasteiger charge is -2.41. The molecule has 0 saturated heterocycles. The van der Waals surface area contributed by atoms with Gasteiger partial charge >= 0.3 is 0 Å². The maximum absolute atomic E-state index is 13.7. The van der Waals surface area contributed by atoms with E-state index in [4.69, 9.17) is 16.3 Å². The lowest BCUT2D eigenvalue weighted by Crippen LogP contribution is -2.55. The van der Waals surface area contributed by atoms with Gasteiger partial charge in [-0.25, -0.2) is 4.39 Å². The number of nitrogens with one attached hydrogen (secondary N) is 1. The van der Waals surface area contributed by atoms with Crippen molar-refractivity contribution in [1.29, 1.82) is 0 Å². The number of alkyl halides is 1. The van der Waals surface area contributed by atoms with Crippen LogP contribution in [-0.4, -0.2) is 24.4 Å². The number of hydrogen-bond donors (Lipinski definition) is 1. The van der Waals surface area contributed by atoms with Gasteiger partial charge in [0.2, 0.25) is 0 Å². The average Bonchev–Trinajstić information content (AvgIpc) is 2.33. The van der Waals surface area contributed by atoms with E-state index in [0.29, 0.717) is 5.88 Å². The monoisotopic (exact) mass is 271 g/mol. The lowest BCUT2D eigenvalue weighted by atomic mass is 9.78. The quantitative estimate of drug-likeness (QED) is 0.855. The minimum atomic E-state index is -0.587. The van der Waals surface area contributed by atoms with Crippen LogP contribution < -0.4 is 10.1 Å². The van der Waals surface area contributed by atoms with Crippen LogP contribution in [0, 0.1) is 5.82 Å². The second kappa shape index (κ2) is 5.14. The van der Waals surface area contributed by atoms with Crippen LogP contribution in [0.2, 0.25) is 0 Å². The first kappa shape index (κ1) is 13.1.